The van der Waals surface area contributed by atoms with Crippen LogP contribution in [-0.4, -0.2) is 28.3 Å². The molecule has 0 amide bonds. The van der Waals surface area contributed by atoms with Crippen LogP contribution in [0.1, 0.15) is 31.3 Å². The molecule has 0 saturated heterocycles. The Morgan fingerprint density at radius 3 is 2.40 bits per heavy atom. The van der Waals surface area contributed by atoms with Gasteiger partial charge in [-0.05, 0) is 31.5 Å². The average molecular weight is 442 g/mol. The van der Waals surface area contributed by atoms with Crippen molar-refractivity contribution < 1.29 is 26.3 Å². The van der Waals surface area contributed by atoms with Crippen molar-refractivity contribution in [2.24, 2.45) is 0 Å². The lowest BCUT2D eigenvalue weighted by Crippen LogP contribution is -2.17. The summed E-state index contributed by atoms with van der Waals surface area (Å²) in [5, 5.41) is 2.81. The standard InChI is InChI=1S/C18H17F4N5O2S/c1-10(2)27-14(8-23-16(27)18(20,21)22)15-13(19)7-24-17(26-15)25-12-5-3-11(4-6-12)9-30(28)29/h3-8,10H,9H2,1-2H3,(H,28,29)(H,24,25,26)/p-1. The molecule has 0 radical (unpaired) electrons. The second-order valence-corrected chi connectivity index (χ2v) is 7.48. The van der Waals surface area contributed by atoms with E-state index < -0.39 is 34.9 Å². The molecule has 0 spiro atoms. The van der Waals surface area contributed by atoms with Crippen LogP contribution in [0.25, 0.3) is 11.4 Å². The summed E-state index contributed by atoms with van der Waals surface area (Å²) in [7, 11) is 0. The molecule has 0 aliphatic carbocycles. The van der Waals surface area contributed by atoms with E-state index in [1.807, 2.05) is 0 Å². The SMILES string of the molecule is CC(C)n1c(-c2nc(Nc3ccc(CS(=O)[O-])cc3)ncc2F)cnc1C(F)(F)F. The summed E-state index contributed by atoms with van der Waals surface area (Å²) in [5.74, 6) is -2.23. The Labute approximate surface area is 171 Å². The molecule has 1 atom stereocenters. The van der Waals surface area contributed by atoms with Crippen LogP contribution in [0.4, 0.5) is 29.2 Å². The first-order chi connectivity index (χ1) is 14.1. The number of rotatable bonds is 6. The van der Waals surface area contributed by atoms with Crippen molar-refractivity contribution in [2.75, 3.05) is 5.32 Å². The highest BCUT2D eigenvalue weighted by molar-refractivity contribution is 7.78. The van der Waals surface area contributed by atoms with Crippen molar-refractivity contribution >= 4 is 22.7 Å². The molecule has 3 aromatic rings. The summed E-state index contributed by atoms with van der Waals surface area (Å²) in [6.07, 6.45) is -2.93. The number of benzene rings is 1. The van der Waals surface area contributed by atoms with Crippen LogP contribution >= 0.6 is 0 Å². The molecule has 1 N–H and O–H groups in total. The predicted octanol–water partition coefficient (Wildman–Crippen LogP) is 4.20. The average Bonchev–Trinajstić information content (AvgIpc) is 3.10. The lowest BCUT2D eigenvalue weighted by Gasteiger charge is -2.17. The Kier molecular flexibility index (Phi) is 6.17. The van der Waals surface area contributed by atoms with Crippen molar-refractivity contribution in [2.45, 2.75) is 31.8 Å². The molecule has 12 heteroatoms. The molecule has 2 heterocycles. The van der Waals surface area contributed by atoms with E-state index in [-0.39, 0.29) is 23.1 Å². The van der Waals surface area contributed by atoms with E-state index in [2.05, 4.69) is 20.3 Å². The number of nitrogens with one attached hydrogen (secondary N) is 1. The minimum atomic E-state index is -4.71. The van der Waals surface area contributed by atoms with Gasteiger partial charge in [-0.3, -0.25) is 4.21 Å². The number of halogens is 4. The van der Waals surface area contributed by atoms with E-state index in [0.29, 0.717) is 11.3 Å². The molecule has 1 aromatic carbocycles. The second-order valence-electron chi connectivity index (χ2n) is 6.59. The summed E-state index contributed by atoms with van der Waals surface area (Å²) in [6.45, 7) is 3.05. The van der Waals surface area contributed by atoms with Crippen LogP contribution in [0, 0.1) is 5.82 Å². The van der Waals surface area contributed by atoms with Gasteiger partial charge in [-0.2, -0.15) is 13.2 Å². The van der Waals surface area contributed by atoms with Gasteiger partial charge in [0.1, 0.15) is 5.69 Å². The quantitative estimate of drug-likeness (QED) is 0.454. The fourth-order valence-corrected chi connectivity index (χ4v) is 3.29. The first-order valence-electron chi connectivity index (χ1n) is 8.65. The van der Waals surface area contributed by atoms with Crippen molar-refractivity contribution in [3.63, 3.8) is 0 Å². The fraction of sp³-hybridized carbons (Fsp3) is 0.278. The lowest BCUT2D eigenvalue weighted by molar-refractivity contribution is -0.147. The molecule has 0 bridgehead atoms. The molecule has 0 saturated carbocycles. The number of imidazole rings is 1. The molecule has 1 unspecified atom stereocenters. The summed E-state index contributed by atoms with van der Waals surface area (Å²) in [4.78, 5) is 11.2. The summed E-state index contributed by atoms with van der Waals surface area (Å²) < 4.78 is 76.5. The monoisotopic (exact) mass is 442 g/mol. The maximum Gasteiger partial charge on any atom is 0.449 e. The van der Waals surface area contributed by atoms with Crippen molar-refractivity contribution in [1.29, 1.82) is 0 Å². The number of alkyl halides is 3. The molecular formula is C18H16F4N5O2S-. The molecule has 30 heavy (non-hydrogen) atoms. The van der Waals surface area contributed by atoms with Gasteiger partial charge in [-0.25, -0.2) is 19.3 Å². The van der Waals surface area contributed by atoms with Gasteiger partial charge >= 0.3 is 6.18 Å². The van der Waals surface area contributed by atoms with Crippen LogP contribution < -0.4 is 5.32 Å². The van der Waals surface area contributed by atoms with Gasteiger partial charge in [0.2, 0.25) is 11.8 Å². The van der Waals surface area contributed by atoms with Crippen LogP contribution in [0.5, 0.6) is 0 Å². The van der Waals surface area contributed by atoms with Gasteiger partial charge in [-0.1, -0.05) is 23.2 Å². The molecule has 2 aromatic heterocycles. The van der Waals surface area contributed by atoms with Crippen molar-refractivity contribution in [1.82, 2.24) is 19.5 Å². The highest BCUT2D eigenvalue weighted by Crippen LogP contribution is 2.34. The largest absolute Gasteiger partial charge is 0.772 e. The predicted molar refractivity (Wildman–Crippen MR) is 101 cm³/mol. The van der Waals surface area contributed by atoms with Crippen LogP contribution in [0.3, 0.4) is 0 Å². The van der Waals surface area contributed by atoms with E-state index in [9.17, 15) is 26.3 Å². The van der Waals surface area contributed by atoms with Gasteiger partial charge in [0.25, 0.3) is 0 Å². The van der Waals surface area contributed by atoms with Gasteiger partial charge in [0, 0.05) is 17.5 Å². The first-order valence-corrected chi connectivity index (χ1v) is 9.90. The molecule has 7 nitrogen and oxygen atoms in total. The zero-order valence-electron chi connectivity index (χ0n) is 15.8. The van der Waals surface area contributed by atoms with E-state index in [1.165, 1.54) is 13.8 Å². The highest BCUT2D eigenvalue weighted by Gasteiger charge is 2.38. The number of aromatic nitrogens is 4. The van der Waals surface area contributed by atoms with Crippen LogP contribution in [0.15, 0.2) is 36.7 Å². The number of nitrogens with zero attached hydrogens (tertiary/aromatic N) is 4. The van der Waals surface area contributed by atoms with Crippen molar-refractivity contribution in [3.8, 4) is 11.4 Å². The molecular weight excluding hydrogens is 426 g/mol. The normalized spacial score (nSPS) is 12.9. The Balaban J connectivity index is 1.95. The maximum absolute atomic E-state index is 14.4. The molecule has 0 fully saturated rings. The van der Waals surface area contributed by atoms with Crippen LogP contribution in [-0.2, 0) is 23.0 Å². The summed E-state index contributed by atoms with van der Waals surface area (Å²) >= 11 is -2.22. The van der Waals surface area contributed by atoms with Crippen LogP contribution in [0.2, 0.25) is 0 Å². The maximum atomic E-state index is 14.4. The third kappa shape index (κ3) is 4.82. The Morgan fingerprint density at radius 1 is 1.17 bits per heavy atom. The molecule has 160 valence electrons. The Bertz CT molecular complexity index is 1070. The minimum absolute atomic E-state index is 0.0448. The molecule has 0 aliphatic rings. The van der Waals surface area contributed by atoms with Gasteiger partial charge in [0.05, 0.1) is 18.1 Å². The van der Waals surface area contributed by atoms with E-state index in [1.54, 1.807) is 24.3 Å². The second kappa shape index (κ2) is 8.48. The zero-order valence-corrected chi connectivity index (χ0v) is 16.6. The minimum Gasteiger partial charge on any atom is -0.772 e. The topological polar surface area (TPSA) is 95.8 Å². The molecule has 3 rings (SSSR count). The first kappa shape index (κ1) is 21.8. The number of hydrogen-bond donors (Lipinski definition) is 1. The van der Waals surface area contributed by atoms with Gasteiger partial charge in [0.15, 0.2) is 5.82 Å². The van der Waals surface area contributed by atoms with E-state index in [0.717, 1.165) is 17.0 Å². The van der Waals surface area contributed by atoms with E-state index >= 15 is 0 Å². The lowest BCUT2D eigenvalue weighted by atomic mass is 10.2. The Hall–Kier alpha value is -2.86. The number of anilines is 2. The zero-order chi connectivity index (χ0) is 22.1. The smallest absolute Gasteiger partial charge is 0.449 e. The summed E-state index contributed by atoms with van der Waals surface area (Å²) in [6, 6.07) is 5.66. The Morgan fingerprint density at radius 2 is 1.83 bits per heavy atom. The third-order valence-electron chi connectivity index (χ3n) is 4.05. The fourth-order valence-electron chi connectivity index (χ4n) is 2.82. The highest BCUT2D eigenvalue weighted by atomic mass is 32.2. The van der Waals surface area contributed by atoms with E-state index in [4.69, 9.17) is 0 Å². The third-order valence-corrected chi connectivity index (χ3v) is 4.62. The molecule has 0 aliphatic heterocycles. The van der Waals surface area contributed by atoms with Crippen molar-refractivity contribution in [3.05, 3.63) is 53.9 Å². The van der Waals surface area contributed by atoms with Gasteiger partial charge < -0.3 is 14.4 Å². The summed E-state index contributed by atoms with van der Waals surface area (Å²) in [5.41, 5.74) is 0.590. The number of hydrogen-bond acceptors (Lipinski definition) is 6. The van der Waals surface area contributed by atoms with Gasteiger partial charge in [-0.15, -0.1) is 0 Å².